The first-order chi connectivity index (χ1) is 12.8. The average Bonchev–Trinajstić information content (AvgIpc) is 3.14. The van der Waals surface area contributed by atoms with Gasteiger partial charge < -0.3 is 15.3 Å². The molecule has 1 fully saturated rings. The normalized spacial score (nSPS) is 19.4. The summed E-state index contributed by atoms with van der Waals surface area (Å²) < 4.78 is 15.0. The molecule has 8 nitrogen and oxygen atoms in total. The van der Waals surface area contributed by atoms with Crippen molar-refractivity contribution in [2.24, 2.45) is 5.92 Å². The van der Waals surface area contributed by atoms with Crippen LogP contribution in [-0.2, 0) is 20.9 Å². The minimum atomic E-state index is -1.07. The summed E-state index contributed by atoms with van der Waals surface area (Å²) in [5, 5.41) is 15.2. The first-order valence-corrected chi connectivity index (χ1v) is 8.41. The number of amides is 2. The number of benzene rings is 1. The molecule has 2 amide bonds. The summed E-state index contributed by atoms with van der Waals surface area (Å²) in [5.41, 5.74) is 0.460. The topological polar surface area (TPSA) is 105 Å². The number of carboxylic acids is 1. The maximum absolute atomic E-state index is 13.8. The number of hydrogen-bond donors (Lipinski definition) is 2. The molecule has 2 atom stereocenters. The van der Waals surface area contributed by atoms with Gasteiger partial charge in [0, 0.05) is 25.7 Å². The highest BCUT2D eigenvalue weighted by Gasteiger charge is 2.43. The largest absolute Gasteiger partial charge is 0.480 e. The summed E-state index contributed by atoms with van der Waals surface area (Å²) >= 11 is 5.71. The van der Waals surface area contributed by atoms with Crippen molar-refractivity contribution >= 4 is 35.2 Å². The van der Waals surface area contributed by atoms with Crippen molar-refractivity contribution in [1.82, 2.24) is 14.7 Å². The predicted octanol–water partition coefficient (Wildman–Crippen LogP) is 1.92. The number of likely N-dealkylation sites (tertiary alicyclic amines) is 1. The van der Waals surface area contributed by atoms with Crippen LogP contribution in [0.5, 0.6) is 0 Å². The van der Waals surface area contributed by atoms with Crippen LogP contribution in [-0.4, -0.2) is 44.6 Å². The smallest absolute Gasteiger partial charge is 0.325 e. The second kappa shape index (κ2) is 7.36. The molecule has 0 radical (unpaired) electrons. The minimum Gasteiger partial charge on any atom is -0.480 e. The Morgan fingerprint density at radius 2 is 2.15 bits per heavy atom. The SMILES string of the molecule is CN1C(=O)CC(C(=O)Nc2ccn(CC(=O)O)n2)C1c1ccc(Cl)c(F)c1. The summed E-state index contributed by atoms with van der Waals surface area (Å²) in [7, 11) is 1.55. The van der Waals surface area contributed by atoms with Crippen LogP contribution in [0.1, 0.15) is 18.0 Å². The van der Waals surface area contributed by atoms with Crippen molar-refractivity contribution in [2.45, 2.75) is 19.0 Å². The Balaban J connectivity index is 1.81. The molecule has 1 saturated heterocycles. The van der Waals surface area contributed by atoms with E-state index >= 15 is 0 Å². The summed E-state index contributed by atoms with van der Waals surface area (Å²) in [5.74, 6) is -2.99. The minimum absolute atomic E-state index is 0.0346. The fourth-order valence-electron chi connectivity index (χ4n) is 3.13. The Morgan fingerprint density at radius 3 is 2.81 bits per heavy atom. The van der Waals surface area contributed by atoms with Crippen LogP contribution in [0.25, 0.3) is 0 Å². The van der Waals surface area contributed by atoms with Crippen LogP contribution in [0.4, 0.5) is 10.2 Å². The molecular weight excluding hydrogens is 379 g/mol. The van der Waals surface area contributed by atoms with Crippen molar-refractivity contribution in [3.63, 3.8) is 0 Å². The number of aliphatic carboxylic acids is 1. The Kier molecular flexibility index (Phi) is 5.13. The Bertz CT molecular complexity index is 916. The van der Waals surface area contributed by atoms with E-state index in [1.54, 1.807) is 13.1 Å². The molecule has 1 aliphatic rings. The predicted molar refractivity (Wildman–Crippen MR) is 93.5 cm³/mol. The van der Waals surface area contributed by atoms with Gasteiger partial charge in [-0.05, 0) is 17.7 Å². The summed E-state index contributed by atoms with van der Waals surface area (Å²) in [6.45, 7) is -0.340. The van der Waals surface area contributed by atoms with E-state index in [9.17, 15) is 18.8 Å². The average molecular weight is 395 g/mol. The molecule has 0 spiro atoms. The van der Waals surface area contributed by atoms with Crippen LogP contribution in [0.3, 0.4) is 0 Å². The van der Waals surface area contributed by atoms with E-state index in [0.717, 1.165) is 4.68 Å². The third kappa shape index (κ3) is 3.92. The zero-order chi connectivity index (χ0) is 19.7. The monoisotopic (exact) mass is 394 g/mol. The third-order valence-electron chi connectivity index (χ3n) is 4.40. The number of aromatic nitrogens is 2. The van der Waals surface area contributed by atoms with Crippen molar-refractivity contribution in [3.05, 3.63) is 46.9 Å². The molecule has 0 aliphatic carbocycles. The highest BCUT2D eigenvalue weighted by Crippen LogP contribution is 2.38. The molecule has 1 aromatic carbocycles. The zero-order valence-corrected chi connectivity index (χ0v) is 15.0. The van der Waals surface area contributed by atoms with Crippen molar-refractivity contribution in [2.75, 3.05) is 12.4 Å². The van der Waals surface area contributed by atoms with Gasteiger partial charge in [0.25, 0.3) is 0 Å². The van der Waals surface area contributed by atoms with Gasteiger partial charge in [0.1, 0.15) is 12.4 Å². The van der Waals surface area contributed by atoms with Crippen molar-refractivity contribution < 1.29 is 23.9 Å². The van der Waals surface area contributed by atoms with E-state index in [0.29, 0.717) is 5.56 Å². The fourth-order valence-corrected chi connectivity index (χ4v) is 3.25. The number of nitrogens with zero attached hydrogens (tertiary/aromatic N) is 3. The van der Waals surface area contributed by atoms with E-state index < -0.39 is 29.7 Å². The molecule has 27 heavy (non-hydrogen) atoms. The van der Waals surface area contributed by atoms with Gasteiger partial charge in [0.05, 0.1) is 17.0 Å². The highest BCUT2D eigenvalue weighted by atomic mass is 35.5. The lowest BCUT2D eigenvalue weighted by atomic mass is 9.93. The quantitative estimate of drug-likeness (QED) is 0.806. The van der Waals surface area contributed by atoms with Crippen LogP contribution in [0, 0.1) is 11.7 Å². The molecule has 142 valence electrons. The standard InChI is InChI=1S/C17H16ClFN4O4/c1-22-14(24)7-10(16(22)9-2-3-11(18)12(19)6-9)17(27)20-13-4-5-23(21-13)8-15(25)26/h2-6,10,16H,7-8H2,1H3,(H,25,26)(H,20,21,27). The number of rotatable bonds is 5. The lowest BCUT2D eigenvalue weighted by Crippen LogP contribution is -2.30. The maximum atomic E-state index is 13.8. The second-order valence-corrected chi connectivity index (χ2v) is 6.62. The van der Waals surface area contributed by atoms with Gasteiger partial charge in [-0.2, -0.15) is 5.10 Å². The Labute approximate surface area is 158 Å². The van der Waals surface area contributed by atoms with Gasteiger partial charge in [-0.3, -0.25) is 19.1 Å². The van der Waals surface area contributed by atoms with Gasteiger partial charge in [-0.25, -0.2) is 4.39 Å². The van der Waals surface area contributed by atoms with Crippen LogP contribution >= 0.6 is 11.6 Å². The van der Waals surface area contributed by atoms with E-state index in [4.69, 9.17) is 16.7 Å². The highest BCUT2D eigenvalue weighted by molar-refractivity contribution is 6.30. The lowest BCUT2D eigenvalue weighted by Gasteiger charge is -2.24. The summed E-state index contributed by atoms with van der Waals surface area (Å²) in [4.78, 5) is 36.9. The molecule has 2 aromatic rings. The molecule has 2 N–H and O–H groups in total. The van der Waals surface area contributed by atoms with Gasteiger partial charge in [-0.15, -0.1) is 0 Å². The number of carbonyl (C=O) groups excluding carboxylic acids is 2. The van der Waals surface area contributed by atoms with E-state index in [1.807, 2.05) is 0 Å². The van der Waals surface area contributed by atoms with Gasteiger partial charge in [0.2, 0.25) is 11.8 Å². The molecule has 10 heteroatoms. The maximum Gasteiger partial charge on any atom is 0.325 e. The number of carboxylic acid groups (broad SMARTS) is 1. The number of hydrogen-bond acceptors (Lipinski definition) is 4. The second-order valence-electron chi connectivity index (χ2n) is 6.22. The number of nitrogens with one attached hydrogen (secondary N) is 1. The molecule has 1 aliphatic heterocycles. The summed E-state index contributed by atoms with van der Waals surface area (Å²) in [6.07, 6.45) is 1.38. The molecule has 3 rings (SSSR count). The lowest BCUT2D eigenvalue weighted by molar-refractivity contribution is -0.138. The molecule has 2 unspecified atom stereocenters. The number of halogens is 2. The summed E-state index contributed by atoms with van der Waals surface area (Å²) in [6, 6.07) is 4.98. The van der Waals surface area contributed by atoms with E-state index in [2.05, 4.69) is 10.4 Å². The van der Waals surface area contributed by atoms with Crippen molar-refractivity contribution in [3.8, 4) is 0 Å². The van der Waals surface area contributed by atoms with Crippen LogP contribution in [0.2, 0.25) is 5.02 Å². The van der Waals surface area contributed by atoms with E-state index in [1.165, 1.54) is 29.3 Å². The molecule has 2 heterocycles. The van der Waals surface area contributed by atoms with Crippen LogP contribution in [0.15, 0.2) is 30.5 Å². The molecule has 0 bridgehead atoms. The zero-order valence-electron chi connectivity index (χ0n) is 14.2. The fraction of sp³-hybridized carbons (Fsp3) is 0.294. The Morgan fingerprint density at radius 1 is 1.41 bits per heavy atom. The molecule has 0 saturated carbocycles. The first-order valence-electron chi connectivity index (χ1n) is 8.03. The number of anilines is 1. The van der Waals surface area contributed by atoms with Gasteiger partial charge in [0.15, 0.2) is 5.82 Å². The van der Waals surface area contributed by atoms with Gasteiger partial charge in [-0.1, -0.05) is 17.7 Å². The van der Waals surface area contributed by atoms with Crippen molar-refractivity contribution in [1.29, 1.82) is 0 Å². The Hall–Kier alpha value is -2.94. The molecule has 1 aromatic heterocycles. The third-order valence-corrected chi connectivity index (χ3v) is 4.70. The first kappa shape index (κ1) is 18.8. The van der Waals surface area contributed by atoms with Crippen LogP contribution < -0.4 is 5.32 Å². The molecular formula is C17H16ClFN4O4. The van der Waals surface area contributed by atoms with E-state index in [-0.39, 0.29) is 29.7 Å². The van der Waals surface area contributed by atoms with Gasteiger partial charge >= 0.3 is 5.97 Å². The number of carbonyl (C=O) groups is 3.